The third-order valence-electron chi connectivity index (χ3n) is 3.17. The molecule has 112 valence electrons. The fourth-order valence-electron chi connectivity index (χ4n) is 1.94. The van der Waals surface area contributed by atoms with E-state index in [0.717, 1.165) is 0 Å². The molecule has 0 aliphatic rings. The maximum absolute atomic E-state index is 13.6. The Balaban J connectivity index is 2.52. The summed E-state index contributed by atoms with van der Waals surface area (Å²) in [6.45, 7) is 1.37. The van der Waals surface area contributed by atoms with Gasteiger partial charge in [-0.3, -0.25) is 4.98 Å². The van der Waals surface area contributed by atoms with E-state index in [0.29, 0.717) is 0 Å². The van der Waals surface area contributed by atoms with Crippen molar-refractivity contribution in [2.24, 2.45) is 0 Å². The van der Waals surface area contributed by atoms with E-state index in [9.17, 15) is 27.1 Å². The average molecular weight is 303 g/mol. The molecule has 0 radical (unpaired) electrons. The minimum atomic E-state index is -2.26. The first-order valence-electron chi connectivity index (χ1n) is 5.96. The number of hydrogen-bond acceptors (Lipinski definition) is 2. The standard InChI is InChI=1S/C14H10F5NO/c1-6(7-4-2-3-5-20-7)14(21)8-9(15)11(17)13(19)12(18)10(8)16/h2-6,14,21H,1H3. The molecule has 1 heterocycles. The van der Waals surface area contributed by atoms with Crippen LogP contribution in [0.4, 0.5) is 22.0 Å². The maximum atomic E-state index is 13.6. The molecule has 2 unspecified atom stereocenters. The first kappa shape index (κ1) is 15.4. The molecule has 1 N–H and O–H groups in total. The van der Waals surface area contributed by atoms with E-state index in [1.54, 1.807) is 12.1 Å². The molecule has 2 nitrogen and oxygen atoms in total. The third kappa shape index (κ3) is 2.61. The Labute approximate surface area is 116 Å². The predicted octanol–water partition coefficient (Wildman–Crippen LogP) is 3.61. The Morgan fingerprint density at radius 2 is 1.43 bits per heavy atom. The number of aliphatic hydroxyl groups excluding tert-OH is 1. The Morgan fingerprint density at radius 3 is 1.90 bits per heavy atom. The van der Waals surface area contributed by atoms with Gasteiger partial charge in [0.1, 0.15) is 0 Å². The number of hydrogen-bond donors (Lipinski definition) is 1. The van der Waals surface area contributed by atoms with E-state index in [1.807, 2.05) is 0 Å². The summed E-state index contributed by atoms with van der Waals surface area (Å²) in [6.07, 6.45) is -0.540. The quantitative estimate of drug-likeness (QED) is 0.534. The number of halogens is 5. The van der Waals surface area contributed by atoms with Crippen molar-refractivity contribution in [1.82, 2.24) is 4.98 Å². The Hall–Kier alpha value is -2.02. The van der Waals surface area contributed by atoms with Crippen LogP contribution in [0.5, 0.6) is 0 Å². The van der Waals surface area contributed by atoms with Gasteiger partial charge in [-0.25, -0.2) is 22.0 Å². The van der Waals surface area contributed by atoms with Crippen LogP contribution in [0.25, 0.3) is 0 Å². The Morgan fingerprint density at radius 1 is 0.905 bits per heavy atom. The molecule has 0 saturated carbocycles. The van der Waals surface area contributed by atoms with Crippen molar-refractivity contribution in [3.63, 3.8) is 0 Å². The van der Waals surface area contributed by atoms with Crippen molar-refractivity contribution in [2.75, 3.05) is 0 Å². The molecular formula is C14H10F5NO. The number of rotatable bonds is 3. The van der Waals surface area contributed by atoms with Gasteiger partial charge < -0.3 is 5.11 Å². The van der Waals surface area contributed by atoms with Crippen LogP contribution in [-0.4, -0.2) is 10.1 Å². The van der Waals surface area contributed by atoms with Gasteiger partial charge in [-0.2, -0.15) is 0 Å². The van der Waals surface area contributed by atoms with Crippen molar-refractivity contribution in [3.05, 3.63) is 64.7 Å². The fourth-order valence-corrected chi connectivity index (χ4v) is 1.94. The largest absolute Gasteiger partial charge is 0.387 e. The van der Waals surface area contributed by atoms with E-state index in [1.165, 1.54) is 19.2 Å². The van der Waals surface area contributed by atoms with Crippen LogP contribution in [0, 0.1) is 29.1 Å². The minimum absolute atomic E-state index is 0.258. The first-order valence-corrected chi connectivity index (χ1v) is 5.96. The highest BCUT2D eigenvalue weighted by molar-refractivity contribution is 5.28. The van der Waals surface area contributed by atoms with Crippen LogP contribution in [0.3, 0.4) is 0 Å². The molecule has 1 aromatic carbocycles. The van der Waals surface area contributed by atoms with E-state index in [2.05, 4.69) is 4.98 Å². The summed E-state index contributed by atoms with van der Waals surface area (Å²) >= 11 is 0. The lowest BCUT2D eigenvalue weighted by molar-refractivity contribution is 0.137. The number of aliphatic hydroxyl groups is 1. The number of pyridine rings is 1. The fraction of sp³-hybridized carbons (Fsp3) is 0.214. The summed E-state index contributed by atoms with van der Waals surface area (Å²) in [6, 6.07) is 4.63. The molecule has 2 aromatic rings. The van der Waals surface area contributed by atoms with Crippen LogP contribution in [0.1, 0.15) is 30.2 Å². The average Bonchev–Trinajstić information content (AvgIpc) is 2.51. The lowest BCUT2D eigenvalue weighted by Crippen LogP contribution is -2.16. The zero-order chi connectivity index (χ0) is 15.7. The van der Waals surface area contributed by atoms with Gasteiger partial charge in [0.2, 0.25) is 5.82 Å². The molecule has 21 heavy (non-hydrogen) atoms. The third-order valence-corrected chi connectivity index (χ3v) is 3.17. The van der Waals surface area contributed by atoms with Crippen molar-refractivity contribution in [1.29, 1.82) is 0 Å². The summed E-state index contributed by atoms with van der Waals surface area (Å²) in [5.41, 5.74) is -1.00. The van der Waals surface area contributed by atoms with E-state index in [-0.39, 0.29) is 5.69 Å². The molecular weight excluding hydrogens is 293 g/mol. The van der Waals surface area contributed by atoms with Crippen LogP contribution in [-0.2, 0) is 0 Å². The van der Waals surface area contributed by atoms with Crippen molar-refractivity contribution in [2.45, 2.75) is 18.9 Å². The van der Waals surface area contributed by atoms with Crippen LogP contribution in [0.15, 0.2) is 24.4 Å². The molecule has 1 aromatic heterocycles. The minimum Gasteiger partial charge on any atom is -0.387 e. The number of nitrogens with zero attached hydrogens (tertiary/aromatic N) is 1. The zero-order valence-corrected chi connectivity index (χ0v) is 10.7. The molecule has 0 aliphatic heterocycles. The van der Waals surface area contributed by atoms with Gasteiger partial charge in [0.05, 0.1) is 11.7 Å². The van der Waals surface area contributed by atoms with Gasteiger partial charge in [0.25, 0.3) is 0 Å². The number of aromatic nitrogens is 1. The monoisotopic (exact) mass is 303 g/mol. The zero-order valence-electron chi connectivity index (χ0n) is 10.7. The molecule has 0 bridgehead atoms. The van der Waals surface area contributed by atoms with Crippen molar-refractivity contribution >= 4 is 0 Å². The van der Waals surface area contributed by atoms with E-state index >= 15 is 0 Å². The summed E-state index contributed by atoms with van der Waals surface area (Å²) in [4.78, 5) is 3.88. The molecule has 0 saturated heterocycles. The van der Waals surface area contributed by atoms with Crippen molar-refractivity contribution in [3.8, 4) is 0 Å². The number of benzene rings is 1. The lowest BCUT2D eigenvalue weighted by atomic mass is 9.93. The second-order valence-corrected chi connectivity index (χ2v) is 4.47. The molecule has 0 amide bonds. The van der Waals surface area contributed by atoms with Gasteiger partial charge in [-0.1, -0.05) is 13.0 Å². The highest BCUT2D eigenvalue weighted by Crippen LogP contribution is 2.35. The molecule has 0 aliphatic carbocycles. The van der Waals surface area contributed by atoms with Gasteiger partial charge in [0.15, 0.2) is 23.3 Å². The summed E-state index contributed by atoms with van der Waals surface area (Å²) < 4.78 is 66.5. The summed E-state index contributed by atoms with van der Waals surface area (Å²) in [7, 11) is 0. The van der Waals surface area contributed by atoms with Crippen LogP contribution >= 0.6 is 0 Å². The molecule has 0 spiro atoms. The molecule has 7 heteroatoms. The molecule has 2 rings (SSSR count). The van der Waals surface area contributed by atoms with E-state index in [4.69, 9.17) is 0 Å². The van der Waals surface area contributed by atoms with Crippen LogP contribution < -0.4 is 0 Å². The second kappa shape index (κ2) is 5.77. The van der Waals surface area contributed by atoms with Gasteiger partial charge in [-0.05, 0) is 12.1 Å². The molecule has 0 fully saturated rings. The predicted molar refractivity (Wildman–Crippen MR) is 63.8 cm³/mol. The summed E-state index contributed by atoms with van der Waals surface area (Å²) in [5, 5.41) is 9.97. The lowest BCUT2D eigenvalue weighted by Gasteiger charge is -2.20. The topological polar surface area (TPSA) is 33.1 Å². The van der Waals surface area contributed by atoms with Crippen LogP contribution in [0.2, 0.25) is 0 Å². The highest BCUT2D eigenvalue weighted by Gasteiger charge is 2.32. The van der Waals surface area contributed by atoms with Crippen molar-refractivity contribution < 1.29 is 27.1 Å². The Bertz CT molecular complexity index is 633. The Kier molecular flexibility index (Phi) is 4.22. The summed E-state index contributed by atoms with van der Waals surface area (Å²) in [5.74, 6) is -11.5. The second-order valence-electron chi connectivity index (χ2n) is 4.47. The normalized spacial score (nSPS) is 14.0. The smallest absolute Gasteiger partial charge is 0.200 e. The van der Waals surface area contributed by atoms with Gasteiger partial charge in [-0.15, -0.1) is 0 Å². The van der Waals surface area contributed by atoms with E-state index < -0.39 is 46.7 Å². The molecule has 2 atom stereocenters. The van der Waals surface area contributed by atoms with Gasteiger partial charge in [0, 0.05) is 17.8 Å². The highest BCUT2D eigenvalue weighted by atomic mass is 19.2. The SMILES string of the molecule is CC(c1ccccn1)C(O)c1c(F)c(F)c(F)c(F)c1F. The maximum Gasteiger partial charge on any atom is 0.200 e. The first-order chi connectivity index (χ1) is 9.86. The van der Waals surface area contributed by atoms with Gasteiger partial charge >= 0.3 is 0 Å².